The molecule has 0 fully saturated rings. The van der Waals surface area contributed by atoms with Crippen molar-refractivity contribution in [3.8, 4) is 0 Å². The Morgan fingerprint density at radius 3 is 2.00 bits per heavy atom. The number of rotatable bonds is 1. The SMILES string of the molecule is [O-]CCBr. The van der Waals surface area contributed by atoms with Crippen LogP contribution in [-0.2, 0) is 0 Å². The molecule has 2 heteroatoms. The average Bonchev–Trinajstić information content (AvgIpc) is 1.37. The summed E-state index contributed by atoms with van der Waals surface area (Å²) >= 11 is 2.94. The van der Waals surface area contributed by atoms with Crippen molar-refractivity contribution in [2.45, 2.75) is 0 Å². The van der Waals surface area contributed by atoms with Gasteiger partial charge in [-0.1, -0.05) is 15.9 Å². The molecule has 0 saturated carbocycles. The predicted molar refractivity (Wildman–Crippen MR) is 18.7 cm³/mol. The van der Waals surface area contributed by atoms with Crippen molar-refractivity contribution in [2.24, 2.45) is 0 Å². The van der Waals surface area contributed by atoms with Crippen LogP contribution in [0.5, 0.6) is 0 Å². The van der Waals surface area contributed by atoms with E-state index in [1.54, 1.807) is 0 Å². The lowest BCUT2D eigenvalue weighted by Gasteiger charge is -1.88. The highest BCUT2D eigenvalue weighted by atomic mass is 79.9. The van der Waals surface area contributed by atoms with E-state index in [-0.39, 0.29) is 6.61 Å². The van der Waals surface area contributed by atoms with Gasteiger partial charge in [0.15, 0.2) is 0 Å². The Morgan fingerprint density at radius 1 is 1.75 bits per heavy atom. The van der Waals surface area contributed by atoms with Crippen LogP contribution in [0.3, 0.4) is 0 Å². The molecule has 0 rings (SSSR count). The molecular formula is C2H4BrO-. The number of hydrogen-bond acceptors (Lipinski definition) is 1. The summed E-state index contributed by atoms with van der Waals surface area (Å²) < 4.78 is 0. The highest BCUT2D eigenvalue weighted by Gasteiger charge is 1.48. The minimum atomic E-state index is -0.0139. The minimum Gasteiger partial charge on any atom is -0.854 e. The zero-order chi connectivity index (χ0) is 3.41. The zero-order valence-electron chi connectivity index (χ0n) is 2.20. The molecule has 0 atom stereocenters. The molecule has 0 heterocycles. The van der Waals surface area contributed by atoms with Gasteiger partial charge in [0, 0.05) is 0 Å². The van der Waals surface area contributed by atoms with E-state index in [9.17, 15) is 5.11 Å². The normalized spacial score (nSPS) is 7.50. The molecule has 0 spiro atoms. The molecule has 0 aliphatic carbocycles. The lowest BCUT2D eigenvalue weighted by Crippen LogP contribution is -2.04. The summed E-state index contributed by atoms with van der Waals surface area (Å²) in [5.74, 6) is 0. The highest BCUT2D eigenvalue weighted by Crippen LogP contribution is 1.67. The van der Waals surface area contributed by atoms with E-state index in [4.69, 9.17) is 0 Å². The van der Waals surface area contributed by atoms with E-state index >= 15 is 0 Å². The van der Waals surface area contributed by atoms with Crippen LogP contribution >= 0.6 is 15.9 Å². The Bertz CT molecular complexity index is 8.00. The molecule has 0 N–H and O–H groups in total. The van der Waals surface area contributed by atoms with E-state index in [0.717, 1.165) is 0 Å². The van der Waals surface area contributed by atoms with Crippen LogP contribution in [-0.4, -0.2) is 11.9 Å². The zero-order valence-corrected chi connectivity index (χ0v) is 3.79. The number of halogens is 1. The van der Waals surface area contributed by atoms with Gasteiger partial charge in [-0.25, -0.2) is 0 Å². The lowest BCUT2D eigenvalue weighted by molar-refractivity contribution is -0.360. The summed E-state index contributed by atoms with van der Waals surface area (Å²) in [6.07, 6.45) is 0. The summed E-state index contributed by atoms with van der Waals surface area (Å²) in [4.78, 5) is 0. The largest absolute Gasteiger partial charge is 0.854 e. The lowest BCUT2D eigenvalue weighted by atomic mass is 10.9. The Balaban J connectivity index is 1.97. The van der Waals surface area contributed by atoms with Gasteiger partial charge < -0.3 is 5.11 Å². The standard InChI is InChI=1S/C2H4BrO/c3-1-2-4/h1-2H2/q-1. The van der Waals surface area contributed by atoms with Gasteiger partial charge in [0.05, 0.1) is 0 Å². The number of hydrogen-bond donors (Lipinski definition) is 0. The molecule has 0 aromatic rings. The maximum atomic E-state index is 9.25. The Labute approximate surface area is 33.8 Å². The van der Waals surface area contributed by atoms with Crippen molar-refractivity contribution in [1.82, 2.24) is 0 Å². The van der Waals surface area contributed by atoms with Gasteiger partial charge in [-0.05, 0) is 5.33 Å². The molecular weight excluding hydrogens is 120 g/mol. The monoisotopic (exact) mass is 123 g/mol. The molecule has 1 nitrogen and oxygen atoms in total. The fourth-order valence-corrected chi connectivity index (χ4v) is 0. The first-order valence-corrected chi connectivity index (χ1v) is 2.18. The van der Waals surface area contributed by atoms with Gasteiger partial charge in [0.1, 0.15) is 0 Å². The van der Waals surface area contributed by atoms with Gasteiger partial charge in [-0.2, -0.15) is 0 Å². The van der Waals surface area contributed by atoms with Crippen molar-refractivity contribution < 1.29 is 5.11 Å². The molecule has 0 saturated heterocycles. The highest BCUT2D eigenvalue weighted by molar-refractivity contribution is 9.09. The Kier molecular flexibility index (Phi) is 3.82. The van der Waals surface area contributed by atoms with Gasteiger partial charge >= 0.3 is 0 Å². The van der Waals surface area contributed by atoms with Crippen LogP contribution in [0.25, 0.3) is 0 Å². The van der Waals surface area contributed by atoms with Crippen molar-refractivity contribution in [2.75, 3.05) is 11.9 Å². The van der Waals surface area contributed by atoms with E-state index in [0.29, 0.717) is 5.33 Å². The topological polar surface area (TPSA) is 23.1 Å². The summed E-state index contributed by atoms with van der Waals surface area (Å²) in [5.41, 5.74) is 0. The van der Waals surface area contributed by atoms with Crippen LogP contribution in [0.2, 0.25) is 0 Å². The van der Waals surface area contributed by atoms with Crippen LogP contribution < -0.4 is 5.11 Å². The Morgan fingerprint density at radius 2 is 2.00 bits per heavy atom. The maximum absolute atomic E-state index is 9.25. The fraction of sp³-hybridized carbons (Fsp3) is 1.00. The molecule has 0 aromatic carbocycles. The summed E-state index contributed by atoms with van der Waals surface area (Å²) in [6.45, 7) is -0.0139. The minimum absolute atomic E-state index is 0.0139. The number of alkyl halides is 1. The quantitative estimate of drug-likeness (QED) is 0.441. The van der Waals surface area contributed by atoms with E-state index < -0.39 is 0 Å². The van der Waals surface area contributed by atoms with Crippen molar-refractivity contribution >= 4 is 15.9 Å². The molecule has 0 aromatic heterocycles. The van der Waals surface area contributed by atoms with E-state index in [2.05, 4.69) is 15.9 Å². The third kappa shape index (κ3) is 2.44. The summed E-state index contributed by atoms with van der Waals surface area (Å²) in [6, 6.07) is 0. The van der Waals surface area contributed by atoms with E-state index in [1.807, 2.05) is 0 Å². The smallest absolute Gasteiger partial charge is 0.0122 e. The third-order valence-electron chi connectivity index (χ3n) is 0.0772. The van der Waals surface area contributed by atoms with Gasteiger partial charge in [-0.3, -0.25) is 0 Å². The first-order valence-electron chi connectivity index (χ1n) is 1.06. The van der Waals surface area contributed by atoms with Gasteiger partial charge in [-0.15, -0.1) is 6.61 Å². The first-order chi connectivity index (χ1) is 1.91. The molecule has 26 valence electrons. The summed E-state index contributed by atoms with van der Waals surface area (Å²) in [5, 5.41) is 9.83. The van der Waals surface area contributed by atoms with E-state index in [1.165, 1.54) is 0 Å². The second-order valence-electron chi connectivity index (χ2n) is 0.393. The van der Waals surface area contributed by atoms with Crippen LogP contribution in [0, 0.1) is 0 Å². The molecule has 0 amide bonds. The van der Waals surface area contributed by atoms with Crippen LogP contribution in [0.4, 0.5) is 0 Å². The Hall–Kier alpha value is 0.440. The second kappa shape index (κ2) is 3.44. The van der Waals surface area contributed by atoms with Crippen molar-refractivity contribution in [3.63, 3.8) is 0 Å². The van der Waals surface area contributed by atoms with Gasteiger partial charge in [0.25, 0.3) is 0 Å². The molecule has 0 unspecified atom stereocenters. The third-order valence-corrected chi connectivity index (χ3v) is 0.401. The molecule has 0 bridgehead atoms. The van der Waals surface area contributed by atoms with Crippen LogP contribution in [0.15, 0.2) is 0 Å². The van der Waals surface area contributed by atoms with Crippen molar-refractivity contribution in [3.05, 3.63) is 0 Å². The molecule has 0 aliphatic rings. The molecule has 0 radical (unpaired) electrons. The molecule has 0 aliphatic heterocycles. The second-order valence-corrected chi connectivity index (χ2v) is 1.19. The summed E-state index contributed by atoms with van der Waals surface area (Å²) in [7, 11) is 0. The first kappa shape index (κ1) is 4.44. The van der Waals surface area contributed by atoms with Crippen LogP contribution in [0.1, 0.15) is 0 Å². The maximum Gasteiger partial charge on any atom is -0.0122 e. The van der Waals surface area contributed by atoms with Gasteiger partial charge in [0.2, 0.25) is 0 Å². The predicted octanol–water partition coefficient (Wildman–Crippen LogP) is -0.258. The average molecular weight is 124 g/mol. The molecule has 4 heavy (non-hydrogen) atoms. The fourth-order valence-electron chi connectivity index (χ4n) is 0. The van der Waals surface area contributed by atoms with Crippen molar-refractivity contribution in [1.29, 1.82) is 0 Å².